The van der Waals surface area contributed by atoms with Gasteiger partial charge in [-0.15, -0.1) is 0 Å². The number of amides is 2. The lowest BCUT2D eigenvalue weighted by atomic mass is 10.1. The van der Waals surface area contributed by atoms with E-state index in [1.165, 1.54) is 4.90 Å². The Morgan fingerprint density at radius 3 is 2.14 bits per heavy atom. The molecule has 0 atom stereocenters. The maximum atomic E-state index is 12.2. The van der Waals surface area contributed by atoms with E-state index in [9.17, 15) is 9.59 Å². The van der Waals surface area contributed by atoms with E-state index < -0.39 is 0 Å². The zero-order valence-electron chi connectivity index (χ0n) is 13.4. The van der Waals surface area contributed by atoms with Crippen molar-refractivity contribution in [3.05, 3.63) is 35.4 Å². The Labute approximate surface area is 130 Å². The van der Waals surface area contributed by atoms with Crippen molar-refractivity contribution in [1.82, 2.24) is 15.5 Å². The van der Waals surface area contributed by atoms with E-state index in [0.717, 1.165) is 0 Å². The molecule has 0 radical (unpaired) electrons. The minimum absolute atomic E-state index is 0.114. The Morgan fingerprint density at radius 1 is 1.14 bits per heavy atom. The van der Waals surface area contributed by atoms with Crippen molar-refractivity contribution in [3.8, 4) is 0 Å². The molecule has 0 spiro atoms. The van der Waals surface area contributed by atoms with Crippen molar-refractivity contribution in [2.45, 2.75) is 26.3 Å². The zero-order chi connectivity index (χ0) is 16.3. The van der Waals surface area contributed by atoms with E-state index in [-0.39, 0.29) is 17.4 Å². The SMILES string of the molecule is CN=C(NCCN1C(=O)c2ccccc2C1=O)NC(C)(C)C. The number of imide groups is 1. The molecule has 1 aliphatic rings. The monoisotopic (exact) mass is 302 g/mol. The van der Waals surface area contributed by atoms with E-state index >= 15 is 0 Å². The molecule has 0 bridgehead atoms. The molecule has 0 saturated heterocycles. The van der Waals surface area contributed by atoms with Crippen LogP contribution in [0.3, 0.4) is 0 Å². The molecule has 0 unspecified atom stereocenters. The van der Waals surface area contributed by atoms with E-state index in [2.05, 4.69) is 15.6 Å². The van der Waals surface area contributed by atoms with Crippen LogP contribution >= 0.6 is 0 Å². The van der Waals surface area contributed by atoms with Crippen LogP contribution in [0, 0.1) is 0 Å². The smallest absolute Gasteiger partial charge is 0.261 e. The number of guanidine groups is 1. The fourth-order valence-electron chi connectivity index (χ4n) is 2.26. The van der Waals surface area contributed by atoms with Gasteiger partial charge in [-0.1, -0.05) is 12.1 Å². The summed E-state index contributed by atoms with van der Waals surface area (Å²) in [5.41, 5.74) is 0.839. The molecule has 22 heavy (non-hydrogen) atoms. The summed E-state index contributed by atoms with van der Waals surface area (Å²) < 4.78 is 0. The van der Waals surface area contributed by atoms with Gasteiger partial charge < -0.3 is 10.6 Å². The van der Waals surface area contributed by atoms with Gasteiger partial charge in [-0.25, -0.2) is 0 Å². The average Bonchev–Trinajstić information content (AvgIpc) is 2.70. The molecule has 0 saturated carbocycles. The molecule has 2 N–H and O–H groups in total. The van der Waals surface area contributed by atoms with Crippen LogP contribution in [0.2, 0.25) is 0 Å². The third-order valence-corrected chi connectivity index (χ3v) is 3.22. The summed E-state index contributed by atoms with van der Waals surface area (Å²) in [6.45, 7) is 6.84. The molecular weight excluding hydrogens is 280 g/mol. The lowest BCUT2D eigenvalue weighted by Crippen LogP contribution is -2.49. The predicted octanol–water partition coefficient (Wildman–Crippen LogP) is 1.25. The first-order valence-electron chi connectivity index (χ1n) is 7.27. The number of nitrogens with one attached hydrogen (secondary N) is 2. The van der Waals surface area contributed by atoms with Crippen LogP contribution in [0.1, 0.15) is 41.5 Å². The minimum Gasteiger partial charge on any atom is -0.355 e. The normalized spacial score (nSPS) is 15.1. The number of carbonyl (C=O) groups is 2. The second kappa shape index (κ2) is 6.17. The van der Waals surface area contributed by atoms with Gasteiger partial charge in [0.15, 0.2) is 5.96 Å². The molecule has 0 aliphatic carbocycles. The quantitative estimate of drug-likeness (QED) is 0.500. The second-order valence-electron chi connectivity index (χ2n) is 6.18. The first kappa shape index (κ1) is 16.0. The summed E-state index contributed by atoms with van der Waals surface area (Å²) in [6, 6.07) is 6.90. The number of nitrogens with zero attached hydrogens (tertiary/aromatic N) is 2. The molecule has 6 nitrogen and oxygen atoms in total. The van der Waals surface area contributed by atoms with Crippen LogP contribution < -0.4 is 10.6 Å². The summed E-state index contributed by atoms with van der Waals surface area (Å²) in [6.07, 6.45) is 0. The molecule has 0 aromatic heterocycles. The highest BCUT2D eigenvalue weighted by Crippen LogP contribution is 2.21. The molecular formula is C16H22N4O2. The lowest BCUT2D eigenvalue weighted by molar-refractivity contribution is 0.0657. The number of fused-ring (bicyclic) bond motifs is 1. The number of benzene rings is 1. The van der Waals surface area contributed by atoms with Gasteiger partial charge in [0.2, 0.25) is 0 Å². The summed E-state index contributed by atoms with van der Waals surface area (Å²) >= 11 is 0. The lowest BCUT2D eigenvalue weighted by Gasteiger charge is -2.24. The first-order chi connectivity index (χ1) is 10.3. The van der Waals surface area contributed by atoms with Crippen molar-refractivity contribution in [2.24, 2.45) is 4.99 Å². The molecule has 118 valence electrons. The highest BCUT2D eigenvalue weighted by atomic mass is 16.2. The van der Waals surface area contributed by atoms with Gasteiger partial charge in [-0.2, -0.15) is 0 Å². The summed E-state index contributed by atoms with van der Waals surface area (Å²) in [5, 5.41) is 6.33. The molecule has 1 heterocycles. The Bertz CT molecular complexity index is 582. The van der Waals surface area contributed by atoms with Crippen LogP contribution in [0.25, 0.3) is 0 Å². The molecule has 1 aromatic rings. The highest BCUT2D eigenvalue weighted by Gasteiger charge is 2.34. The fraction of sp³-hybridized carbons (Fsp3) is 0.438. The standard InChI is InChI=1S/C16H22N4O2/c1-16(2,3)19-15(17-4)18-9-10-20-13(21)11-7-5-6-8-12(11)14(20)22/h5-8H,9-10H2,1-4H3,(H2,17,18,19). The minimum atomic E-state index is -0.235. The van der Waals surface area contributed by atoms with E-state index in [0.29, 0.717) is 30.2 Å². The summed E-state index contributed by atoms with van der Waals surface area (Å²) in [7, 11) is 1.68. The maximum Gasteiger partial charge on any atom is 0.261 e. The van der Waals surface area contributed by atoms with E-state index in [1.807, 2.05) is 20.8 Å². The Balaban J connectivity index is 1.94. The van der Waals surface area contributed by atoms with Gasteiger partial charge in [0.05, 0.1) is 11.1 Å². The molecule has 6 heteroatoms. The van der Waals surface area contributed by atoms with Crippen LogP contribution in [0.4, 0.5) is 0 Å². The Hall–Kier alpha value is -2.37. The van der Waals surface area contributed by atoms with Gasteiger partial charge in [0.1, 0.15) is 0 Å². The van der Waals surface area contributed by atoms with E-state index in [4.69, 9.17) is 0 Å². The third-order valence-electron chi connectivity index (χ3n) is 3.22. The Morgan fingerprint density at radius 2 is 1.68 bits per heavy atom. The van der Waals surface area contributed by atoms with Gasteiger partial charge >= 0.3 is 0 Å². The molecule has 2 amide bonds. The van der Waals surface area contributed by atoms with Gasteiger partial charge in [0.25, 0.3) is 11.8 Å². The average molecular weight is 302 g/mol. The Kier molecular flexibility index (Phi) is 4.49. The van der Waals surface area contributed by atoms with Crippen LogP contribution in [0.5, 0.6) is 0 Å². The first-order valence-corrected chi connectivity index (χ1v) is 7.27. The van der Waals surface area contributed by atoms with Crippen LogP contribution in [-0.2, 0) is 0 Å². The van der Waals surface area contributed by atoms with Crippen LogP contribution in [-0.4, -0.2) is 48.3 Å². The predicted molar refractivity (Wildman–Crippen MR) is 86.1 cm³/mol. The number of hydrogen-bond donors (Lipinski definition) is 2. The van der Waals surface area contributed by atoms with Crippen molar-refractivity contribution in [3.63, 3.8) is 0 Å². The van der Waals surface area contributed by atoms with Crippen molar-refractivity contribution >= 4 is 17.8 Å². The topological polar surface area (TPSA) is 73.8 Å². The van der Waals surface area contributed by atoms with E-state index in [1.54, 1.807) is 31.3 Å². The van der Waals surface area contributed by atoms with Crippen LogP contribution in [0.15, 0.2) is 29.3 Å². The fourth-order valence-corrected chi connectivity index (χ4v) is 2.26. The molecule has 1 aliphatic heterocycles. The number of hydrogen-bond acceptors (Lipinski definition) is 3. The number of rotatable bonds is 3. The summed E-state index contributed by atoms with van der Waals surface area (Å²) in [5.74, 6) is 0.173. The second-order valence-corrected chi connectivity index (χ2v) is 6.18. The third kappa shape index (κ3) is 3.44. The largest absolute Gasteiger partial charge is 0.355 e. The number of aliphatic imine (C=N–C) groups is 1. The van der Waals surface area contributed by atoms with Crippen molar-refractivity contribution in [1.29, 1.82) is 0 Å². The summed E-state index contributed by atoms with van der Waals surface area (Å²) in [4.78, 5) is 29.8. The zero-order valence-corrected chi connectivity index (χ0v) is 13.4. The highest BCUT2D eigenvalue weighted by molar-refractivity contribution is 6.21. The van der Waals surface area contributed by atoms with Gasteiger partial charge in [0, 0.05) is 25.7 Å². The molecule has 0 fully saturated rings. The van der Waals surface area contributed by atoms with Crippen molar-refractivity contribution < 1.29 is 9.59 Å². The molecule has 1 aromatic carbocycles. The molecule has 2 rings (SSSR count). The van der Waals surface area contributed by atoms with Crippen molar-refractivity contribution in [2.75, 3.05) is 20.1 Å². The number of carbonyl (C=O) groups excluding carboxylic acids is 2. The maximum absolute atomic E-state index is 12.2. The van der Waals surface area contributed by atoms with Gasteiger partial charge in [-0.05, 0) is 32.9 Å². The van der Waals surface area contributed by atoms with Gasteiger partial charge in [-0.3, -0.25) is 19.5 Å².